The second kappa shape index (κ2) is 11.5. The molecule has 0 unspecified atom stereocenters. The molecule has 0 bridgehead atoms. The average molecular weight is 418 g/mol. The molecular weight excluding hydrogens is 390 g/mol. The number of nitrogens with zero attached hydrogens (tertiary/aromatic N) is 1. The van der Waals surface area contributed by atoms with Gasteiger partial charge in [0, 0.05) is 25.3 Å². The lowest BCUT2D eigenvalue weighted by atomic mass is 10.1. The number of carbonyl (C=O) groups is 2. The van der Waals surface area contributed by atoms with Crippen LogP contribution in [0.5, 0.6) is 0 Å². The molecule has 3 aromatic rings. The minimum absolute atomic E-state index is 0.0767. The predicted molar refractivity (Wildman–Crippen MR) is 122 cm³/mol. The van der Waals surface area contributed by atoms with Gasteiger partial charge in [-0.1, -0.05) is 72.8 Å². The lowest BCUT2D eigenvalue weighted by molar-refractivity contribution is -0.117. The van der Waals surface area contributed by atoms with Gasteiger partial charge in [0.05, 0.1) is 6.54 Å². The number of benzene rings is 3. The molecule has 0 aliphatic rings. The van der Waals surface area contributed by atoms with Gasteiger partial charge in [0.1, 0.15) is 0 Å². The monoisotopic (exact) mass is 417 g/mol. The van der Waals surface area contributed by atoms with Crippen LogP contribution >= 0.6 is 0 Å². The van der Waals surface area contributed by atoms with Crippen LogP contribution in [0.3, 0.4) is 0 Å². The molecule has 31 heavy (non-hydrogen) atoms. The fraction of sp³-hybridized carbons (Fsp3) is 0.200. The van der Waals surface area contributed by atoms with E-state index in [-0.39, 0.29) is 12.5 Å². The molecule has 0 atom stereocenters. The molecule has 0 aliphatic carbocycles. The van der Waals surface area contributed by atoms with Gasteiger partial charge in [-0.05, 0) is 35.2 Å². The Balaban J connectivity index is 1.58. The summed E-state index contributed by atoms with van der Waals surface area (Å²) in [5, 5.41) is 13.9. The van der Waals surface area contributed by atoms with Crippen molar-refractivity contribution in [2.24, 2.45) is 0 Å². The molecule has 3 aromatic carbocycles. The summed E-state index contributed by atoms with van der Waals surface area (Å²) in [6.45, 7) is 1.99. The third kappa shape index (κ3) is 7.95. The van der Waals surface area contributed by atoms with Crippen molar-refractivity contribution in [3.05, 3.63) is 102 Å². The highest BCUT2D eigenvalue weighted by Gasteiger charge is 2.12. The van der Waals surface area contributed by atoms with E-state index in [2.05, 4.69) is 39.8 Å². The van der Waals surface area contributed by atoms with Gasteiger partial charge >= 0.3 is 6.09 Å². The number of amides is 2. The highest BCUT2D eigenvalue weighted by atomic mass is 16.4. The van der Waals surface area contributed by atoms with E-state index in [4.69, 9.17) is 5.11 Å². The zero-order valence-corrected chi connectivity index (χ0v) is 17.3. The Labute approximate surface area is 182 Å². The number of rotatable bonds is 10. The number of nitrogens with one attached hydrogen (secondary N) is 2. The molecule has 0 fully saturated rings. The first-order valence-electron chi connectivity index (χ1n) is 10.2. The second-order valence-electron chi connectivity index (χ2n) is 7.34. The molecule has 0 aliphatic heterocycles. The topological polar surface area (TPSA) is 81.7 Å². The maximum absolute atomic E-state index is 12.7. The zero-order chi connectivity index (χ0) is 21.9. The number of hydrogen-bond acceptors (Lipinski definition) is 3. The van der Waals surface area contributed by atoms with E-state index in [1.54, 1.807) is 0 Å². The fourth-order valence-electron chi connectivity index (χ4n) is 3.32. The third-order valence-electron chi connectivity index (χ3n) is 4.79. The van der Waals surface area contributed by atoms with Crippen molar-refractivity contribution in [3.63, 3.8) is 0 Å². The molecule has 0 heterocycles. The highest BCUT2D eigenvalue weighted by molar-refractivity contribution is 5.92. The number of hydrogen-bond donors (Lipinski definition) is 3. The summed E-state index contributed by atoms with van der Waals surface area (Å²) in [5.74, 6) is -0.0767. The Kier molecular flexibility index (Phi) is 8.20. The maximum atomic E-state index is 12.7. The third-order valence-corrected chi connectivity index (χ3v) is 4.79. The first-order valence-corrected chi connectivity index (χ1v) is 10.2. The second-order valence-corrected chi connectivity index (χ2v) is 7.34. The summed E-state index contributed by atoms with van der Waals surface area (Å²) in [4.78, 5) is 25.3. The zero-order valence-electron chi connectivity index (χ0n) is 17.3. The van der Waals surface area contributed by atoms with Gasteiger partial charge in [0.25, 0.3) is 0 Å². The molecule has 0 aromatic heterocycles. The van der Waals surface area contributed by atoms with E-state index in [0.717, 1.165) is 22.4 Å². The molecule has 0 saturated heterocycles. The van der Waals surface area contributed by atoms with Crippen LogP contribution in [-0.4, -0.2) is 35.1 Å². The molecule has 3 rings (SSSR count). The van der Waals surface area contributed by atoms with Crippen molar-refractivity contribution in [3.8, 4) is 0 Å². The molecule has 6 heteroatoms. The van der Waals surface area contributed by atoms with E-state index >= 15 is 0 Å². The molecule has 0 radical (unpaired) electrons. The van der Waals surface area contributed by atoms with Gasteiger partial charge < -0.3 is 15.7 Å². The normalized spacial score (nSPS) is 10.6. The average Bonchev–Trinajstić information content (AvgIpc) is 2.76. The molecule has 0 spiro atoms. The standard InChI is InChI=1S/C25H27N3O3/c29-24(27-23-13-11-20(12-14-23)15-16-26-25(30)31)19-28(17-21-7-3-1-4-8-21)18-22-9-5-2-6-10-22/h1-14,26H,15-19H2,(H,27,29)(H,30,31). The lowest BCUT2D eigenvalue weighted by Crippen LogP contribution is -2.32. The molecule has 2 amide bonds. The van der Waals surface area contributed by atoms with Crippen LogP contribution in [0.15, 0.2) is 84.9 Å². The van der Waals surface area contributed by atoms with Crippen molar-refractivity contribution in [2.75, 3.05) is 18.4 Å². The quantitative estimate of drug-likeness (QED) is 0.463. The number of carboxylic acid groups (broad SMARTS) is 1. The minimum atomic E-state index is -1.03. The van der Waals surface area contributed by atoms with Crippen LogP contribution < -0.4 is 10.6 Å². The van der Waals surface area contributed by atoms with E-state index in [0.29, 0.717) is 26.1 Å². The highest BCUT2D eigenvalue weighted by Crippen LogP contribution is 2.13. The Morgan fingerprint density at radius 2 is 1.29 bits per heavy atom. The maximum Gasteiger partial charge on any atom is 0.404 e. The van der Waals surface area contributed by atoms with Gasteiger partial charge in [-0.15, -0.1) is 0 Å². The van der Waals surface area contributed by atoms with E-state index in [9.17, 15) is 9.59 Å². The smallest absolute Gasteiger partial charge is 0.404 e. The Bertz CT molecular complexity index is 919. The molecule has 160 valence electrons. The van der Waals surface area contributed by atoms with Crippen molar-refractivity contribution in [2.45, 2.75) is 19.5 Å². The van der Waals surface area contributed by atoms with Gasteiger partial charge in [-0.3, -0.25) is 9.69 Å². The van der Waals surface area contributed by atoms with Crippen molar-refractivity contribution >= 4 is 17.7 Å². The van der Waals surface area contributed by atoms with E-state index in [1.807, 2.05) is 60.7 Å². The summed E-state index contributed by atoms with van der Waals surface area (Å²) in [5.41, 5.74) is 4.04. The SMILES string of the molecule is O=C(O)NCCc1ccc(NC(=O)CN(Cc2ccccc2)Cc2ccccc2)cc1. The Morgan fingerprint density at radius 1 is 0.742 bits per heavy atom. The summed E-state index contributed by atoms with van der Waals surface area (Å²) < 4.78 is 0. The lowest BCUT2D eigenvalue weighted by Gasteiger charge is -2.22. The van der Waals surface area contributed by atoms with Crippen LogP contribution in [0, 0.1) is 0 Å². The van der Waals surface area contributed by atoms with E-state index < -0.39 is 6.09 Å². The minimum Gasteiger partial charge on any atom is -0.465 e. The predicted octanol–water partition coefficient (Wildman–Crippen LogP) is 4.14. The van der Waals surface area contributed by atoms with E-state index in [1.165, 1.54) is 0 Å². The van der Waals surface area contributed by atoms with Crippen LogP contribution in [-0.2, 0) is 24.3 Å². The largest absolute Gasteiger partial charge is 0.465 e. The van der Waals surface area contributed by atoms with Gasteiger partial charge in [0.2, 0.25) is 5.91 Å². The van der Waals surface area contributed by atoms with Crippen LogP contribution in [0.2, 0.25) is 0 Å². The summed E-state index contributed by atoms with van der Waals surface area (Å²) >= 11 is 0. The number of anilines is 1. The van der Waals surface area contributed by atoms with Crippen molar-refractivity contribution < 1.29 is 14.7 Å². The van der Waals surface area contributed by atoms with Crippen LogP contribution in [0.25, 0.3) is 0 Å². The molecule has 6 nitrogen and oxygen atoms in total. The van der Waals surface area contributed by atoms with Gasteiger partial charge in [-0.25, -0.2) is 4.79 Å². The molecule has 0 saturated carbocycles. The summed E-state index contributed by atoms with van der Waals surface area (Å²) in [6.07, 6.45) is -0.429. The van der Waals surface area contributed by atoms with Crippen molar-refractivity contribution in [1.82, 2.24) is 10.2 Å². The summed E-state index contributed by atoms with van der Waals surface area (Å²) in [6, 6.07) is 27.7. The van der Waals surface area contributed by atoms with Crippen LogP contribution in [0.4, 0.5) is 10.5 Å². The Morgan fingerprint density at radius 3 is 1.81 bits per heavy atom. The van der Waals surface area contributed by atoms with Crippen LogP contribution in [0.1, 0.15) is 16.7 Å². The molecule has 3 N–H and O–H groups in total. The summed E-state index contributed by atoms with van der Waals surface area (Å²) in [7, 11) is 0. The Hall–Kier alpha value is -3.64. The number of carbonyl (C=O) groups excluding carboxylic acids is 1. The van der Waals surface area contributed by atoms with Crippen molar-refractivity contribution in [1.29, 1.82) is 0 Å². The van der Waals surface area contributed by atoms with Gasteiger partial charge in [0.15, 0.2) is 0 Å². The first kappa shape index (κ1) is 22.1. The fourth-order valence-corrected chi connectivity index (χ4v) is 3.32. The first-order chi connectivity index (χ1) is 15.1. The van der Waals surface area contributed by atoms with Gasteiger partial charge in [-0.2, -0.15) is 0 Å². The molecular formula is C25H27N3O3.